The minimum Gasteiger partial charge on any atom is -0.332 e. The lowest BCUT2D eigenvalue weighted by Gasteiger charge is -2.35. The molecule has 0 bridgehead atoms. The van der Waals surface area contributed by atoms with Gasteiger partial charge in [0.1, 0.15) is 0 Å². The van der Waals surface area contributed by atoms with Crippen LogP contribution in [0.2, 0.25) is 0 Å². The van der Waals surface area contributed by atoms with Gasteiger partial charge in [0.25, 0.3) is 5.91 Å². The predicted octanol–water partition coefficient (Wildman–Crippen LogP) is 0.378. The van der Waals surface area contributed by atoms with E-state index in [0.717, 1.165) is 12.8 Å². The molecule has 1 saturated heterocycles. The summed E-state index contributed by atoms with van der Waals surface area (Å²) >= 11 is 0. The van der Waals surface area contributed by atoms with E-state index in [9.17, 15) is 13.2 Å². The molecule has 8 heteroatoms. The number of nitrogens with zero attached hydrogens (tertiary/aromatic N) is 4. The van der Waals surface area contributed by atoms with Gasteiger partial charge in [-0.1, -0.05) is 0 Å². The van der Waals surface area contributed by atoms with Crippen LogP contribution < -0.4 is 0 Å². The molecule has 2 aromatic rings. The first-order chi connectivity index (χ1) is 10.5. The number of sulfone groups is 1. The zero-order valence-corrected chi connectivity index (χ0v) is 12.7. The van der Waals surface area contributed by atoms with Gasteiger partial charge in [0, 0.05) is 31.0 Å². The Morgan fingerprint density at radius 2 is 2.14 bits per heavy atom. The van der Waals surface area contributed by atoms with Gasteiger partial charge in [0.15, 0.2) is 21.2 Å². The van der Waals surface area contributed by atoms with E-state index in [0.29, 0.717) is 17.3 Å². The topological polar surface area (TPSA) is 84.6 Å². The summed E-state index contributed by atoms with van der Waals surface area (Å²) in [5, 5.41) is 4.25. The third-order valence-corrected chi connectivity index (χ3v) is 6.00. The van der Waals surface area contributed by atoms with Gasteiger partial charge in [0.2, 0.25) is 0 Å². The lowest BCUT2D eigenvalue weighted by atomic mass is 10.1. The van der Waals surface area contributed by atoms with Crippen molar-refractivity contribution in [2.45, 2.75) is 18.9 Å². The maximum absolute atomic E-state index is 12.8. The zero-order chi connectivity index (χ0) is 15.3. The van der Waals surface area contributed by atoms with E-state index in [1.165, 1.54) is 0 Å². The summed E-state index contributed by atoms with van der Waals surface area (Å²) in [5.74, 6) is 0.231. The smallest absolute Gasteiger partial charge is 0.274 e. The SMILES string of the molecule is O=C(c1cc2ncccn2n1)N1CCS(=O)(=O)CC1C1CC1. The summed E-state index contributed by atoms with van der Waals surface area (Å²) in [4.78, 5) is 18.6. The van der Waals surface area contributed by atoms with Gasteiger partial charge in [0.05, 0.1) is 11.5 Å². The summed E-state index contributed by atoms with van der Waals surface area (Å²) < 4.78 is 25.3. The minimum absolute atomic E-state index is 0.0353. The Kier molecular flexibility index (Phi) is 2.97. The minimum atomic E-state index is -3.04. The summed E-state index contributed by atoms with van der Waals surface area (Å²) in [7, 11) is -3.04. The van der Waals surface area contributed by atoms with E-state index < -0.39 is 9.84 Å². The molecule has 7 nitrogen and oxygen atoms in total. The Labute approximate surface area is 127 Å². The highest BCUT2D eigenvalue weighted by atomic mass is 32.2. The Morgan fingerprint density at radius 3 is 2.86 bits per heavy atom. The molecule has 0 spiro atoms. The molecule has 3 heterocycles. The fourth-order valence-corrected chi connectivity index (χ4v) is 4.66. The van der Waals surface area contributed by atoms with Crippen molar-refractivity contribution in [1.29, 1.82) is 0 Å². The Bertz CT molecular complexity index is 808. The van der Waals surface area contributed by atoms with Gasteiger partial charge in [-0.2, -0.15) is 5.10 Å². The van der Waals surface area contributed by atoms with Crippen LogP contribution in [-0.2, 0) is 9.84 Å². The van der Waals surface area contributed by atoms with Crippen LogP contribution in [0, 0.1) is 5.92 Å². The molecular formula is C14H16N4O3S. The summed E-state index contributed by atoms with van der Waals surface area (Å²) in [5.41, 5.74) is 0.933. The van der Waals surface area contributed by atoms with Crippen LogP contribution in [0.4, 0.5) is 0 Å². The Morgan fingerprint density at radius 1 is 1.32 bits per heavy atom. The molecule has 4 rings (SSSR count). The van der Waals surface area contributed by atoms with Gasteiger partial charge in [-0.05, 0) is 24.8 Å². The number of carbonyl (C=O) groups is 1. The molecule has 1 aliphatic carbocycles. The lowest BCUT2D eigenvalue weighted by Crippen LogP contribution is -2.52. The maximum Gasteiger partial charge on any atom is 0.274 e. The molecule has 2 aromatic heterocycles. The molecule has 0 aromatic carbocycles. The number of amides is 1. The van der Waals surface area contributed by atoms with Crippen molar-refractivity contribution >= 4 is 21.4 Å². The average molecular weight is 320 g/mol. The quantitative estimate of drug-likeness (QED) is 0.798. The number of hydrogen-bond acceptors (Lipinski definition) is 5. The number of rotatable bonds is 2. The number of aromatic nitrogens is 3. The molecule has 2 fully saturated rings. The monoisotopic (exact) mass is 320 g/mol. The fourth-order valence-electron chi connectivity index (χ4n) is 3.04. The number of carbonyl (C=O) groups excluding carboxylic acids is 1. The fraction of sp³-hybridized carbons (Fsp3) is 0.500. The van der Waals surface area contributed by atoms with Crippen LogP contribution in [0.25, 0.3) is 5.65 Å². The van der Waals surface area contributed by atoms with Gasteiger partial charge >= 0.3 is 0 Å². The van der Waals surface area contributed by atoms with E-state index in [4.69, 9.17) is 0 Å². The largest absolute Gasteiger partial charge is 0.332 e. The normalized spacial score (nSPS) is 24.5. The third-order valence-electron chi connectivity index (χ3n) is 4.35. The van der Waals surface area contributed by atoms with Crippen LogP contribution in [0.1, 0.15) is 23.3 Å². The van der Waals surface area contributed by atoms with Crippen LogP contribution in [-0.4, -0.2) is 57.9 Å². The Balaban J connectivity index is 1.65. The molecule has 0 N–H and O–H groups in total. The molecular weight excluding hydrogens is 304 g/mol. The first-order valence-corrected chi connectivity index (χ1v) is 9.17. The second-order valence-electron chi connectivity index (χ2n) is 5.97. The van der Waals surface area contributed by atoms with Crippen molar-refractivity contribution in [3.8, 4) is 0 Å². The van der Waals surface area contributed by atoms with Crippen LogP contribution in [0.15, 0.2) is 24.5 Å². The standard InChI is InChI=1S/C14H16N4O3S/c19-14(11-8-13-15-4-1-5-18(13)16-11)17-6-7-22(20,21)9-12(17)10-2-3-10/h1,4-5,8,10,12H,2-3,6-7,9H2. The molecule has 116 valence electrons. The van der Waals surface area contributed by atoms with Crippen molar-refractivity contribution in [1.82, 2.24) is 19.5 Å². The molecule has 1 amide bonds. The lowest BCUT2D eigenvalue weighted by molar-refractivity contribution is 0.0672. The first-order valence-electron chi connectivity index (χ1n) is 7.35. The van der Waals surface area contributed by atoms with Crippen LogP contribution in [0.3, 0.4) is 0 Å². The molecule has 0 radical (unpaired) electrons. The van der Waals surface area contributed by atoms with Crippen LogP contribution >= 0.6 is 0 Å². The van der Waals surface area contributed by atoms with Crippen molar-refractivity contribution in [3.63, 3.8) is 0 Å². The second kappa shape index (κ2) is 4.77. The van der Waals surface area contributed by atoms with E-state index in [-0.39, 0.29) is 30.0 Å². The van der Waals surface area contributed by atoms with E-state index in [2.05, 4.69) is 10.1 Å². The average Bonchev–Trinajstić information content (AvgIpc) is 3.24. The highest BCUT2D eigenvalue weighted by Gasteiger charge is 2.43. The number of hydrogen-bond donors (Lipinski definition) is 0. The molecule has 1 aliphatic heterocycles. The molecule has 2 aliphatic rings. The summed E-state index contributed by atoms with van der Waals surface area (Å²) in [6, 6.07) is 3.19. The molecule has 1 unspecified atom stereocenters. The van der Waals surface area contributed by atoms with Gasteiger partial charge in [-0.15, -0.1) is 0 Å². The van der Waals surface area contributed by atoms with Crippen LogP contribution in [0.5, 0.6) is 0 Å². The third kappa shape index (κ3) is 2.37. The molecule has 1 saturated carbocycles. The highest BCUT2D eigenvalue weighted by Crippen LogP contribution is 2.37. The Hall–Kier alpha value is -1.96. The van der Waals surface area contributed by atoms with E-state index >= 15 is 0 Å². The summed E-state index contributed by atoms with van der Waals surface area (Å²) in [6.45, 7) is 0.254. The van der Waals surface area contributed by atoms with Crippen molar-refractivity contribution in [3.05, 3.63) is 30.2 Å². The first kappa shape index (κ1) is 13.7. The van der Waals surface area contributed by atoms with Crippen molar-refractivity contribution in [2.24, 2.45) is 5.92 Å². The molecule has 1 atom stereocenters. The maximum atomic E-state index is 12.8. The predicted molar refractivity (Wildman–Crippen MR) is 79.2 cm³/mol. The van der Waals surface area contributed by atoms with Crippen molar-refractivity contribution in [2.75, 3.05) is 18.1 Å². The summed E-state index contributed by atoms with van der Waals surface area (Å²) in [6.07, 6.45) is 5.37. The van der Waals surface area contributed by atoms with Gasteiger partial charge in [-0.3, -0.25) is 4.79 Å². The highest BCUT2D eigenvalue weighted by molar-refractivity contribution is 7.91. The van der Waals surface area contributed by atoms with Gasteiger partial charge < -0.3 is 4.90 Å². The second-order valence-corrected chi connectivity index (χ2v) is 8.20. The van der Waals surface area contributed by atoms with E-state index in [1.54, 1.807) is 33.9 Å². The van der Waals surface area contributed by atoms with Gasteiger partial charge in [-0.25, -0.2) is 17.9 Å². The molecule has 22 heavy (non-hydrogen) atoms. The van der Waals surface area contributed by atoms with E-state index in [1.807, 2.05) is 0 Å². The number of fused-ring (bicyclic) bond motifs is 1. The van der Waals surface area contributed by atoms with Crippen molar-refractivity contribution < 1.29 is 13.2 Å². The zero-order valence-electron chi connectivity index (χ0n) is 11.9.